The normalized spacial score (nSPS) is 13.9. The minimum atomic E-state index is -4.72. The van der Waals surface area contributed by atoms with Gasteiger partial charge in [-0.15, -0.1) is 0 Å². The Balaban J connectivity index is 4.30. The third-order valence-corrected chi connectivity index (χ3v) is 11.2. The second-order valence-electron chi connectivity index (χ2n) is 15.9. The van der Waals surface area contributed by atoms with Crippen molar-refractivity contribution in [2.45, 2.75) is 231 Å². The van der Waals surface area contributed by atoms with E-state index >= 15 is 0 Å². The zero-order valence-corrected chi connectivity index (χ0v) is 37.8. The Morgan fingerprint density at radius 3 is 1.38 bits per heavy atom. The first-order chi connectivity index (χ1) is 28.1. The molecule has 340 valence electrons. The molecule has 0 aliphatic carbocycles. The third-order valence-electron chi connectivity index (χ3n) is 10.2. The molecule has 0 amide bonds. The number of hydrogen-bond donors (Lipinski definition) is 3. The van der Waals surface area contributed by atoms with Crippen molar-refractivity contribution in [1.29, 1.82) is 0 Å². The van der Waals surface area contributed by atoms with Gasteiger partial charge in [0.2, 0.25) is 0 Å². The molecule has 0 bridgehead atoms. The maximum atomic E-state index is 12.7. The van der Waals surface area contributed by atoms with E-state index in [0.717, 1.165) is 51.4 Å². The number of unbranched alkanes of at least 4 members (excludes halogenated alkanes) is 26. The van der Waals surface area contributed by atoms with Crippen LogP contribution in [0.2, 0.25) is 0 Å². The SMILES string of the molecule is CCCCC/C=C/C/C=C/CCCCCCCCCC(=O)OC[C@H](COP(=O)(O)OC[C@H](N)C(=O)O)OC(=O)CCCCCCCCCCCCCCCCCCC. The first kappa shape index (κ1) is 56.0. The number of phosphoric acid groups is 1. The largest absolute Gasteiger partial charge is 0.480 e. The van der Waals surface area contributed by atoms with Gasteiger partial charge in [0.1, 0.15) is 12.6 Å². The molecule has 0 aromatic carbocycles. The zero-order valence-electron chi connectivity index (χ0n) is 36.9. The molecule has 0 aromatic heterocycles. The second kappa shape index (κ2) is 41.7. The molecule has 0 rings (SSSR count). The van der Waals surface area contributed by atoms with Crippen LogP contribution < -0.4 is 5.73 Å². The molecule has 0 fully saturated rings. The Bertz CT molecular complexity index is 1080. The first-order valence-corrected chi connectivity index (χ1v) is 24.9. The zero-order chi connectivity index (χ0) is 42.8. The third kappa shape index (κ3) is 40.7. The van der Waals surface area contributed by atoms with Gasteiger partial charge in [-0.05, 0) is 44.9 Å². The van der Waals surface area contributed by atoms with Crippen molar-refractivity contribution in [1.82, 2.24) is 0 Å². The van der Waals surface area contributed by atoms with Crippen molar-refractivity contribution in [2.75, 3.05) is 19.8 Å². The van der Waals surface area contributed by atoms with Gasteiger partial charge in [-0.25, -0.2) is 4.57 Å². The standard InChI is InChI=1S/C46H86NO10P/c1-3-5-7-9-11-13-15-17-19-21-23-25-27-29-31-33-35-37-44(48)54-39-42(40-55-58(52,53)56-41-43(47)46(50)51)57-45(49)38-36-34-32-30-28-26-24-22-20-18-16-14-12-10-8-6-4-2/h11,13,17,19,42-43H,3-10,12,14-16,18,20-41,47H2,1-2H3,(H,50,51)(H,52,53)/b13-11+,19-17+/t42-,43+/m1/s1. The lowest BCUT2D eigenvalue weighted by molar-refractivity contribution is -0.161. The average molecular weight is 844 g/mol. The number of rotatable bonds is 44. The molecule has 58 heavy (non-hydrogen) atoms. The van der Waals surface area contributed by atoms with Crippen LogP contribution in [0.4, 0.5) is 0 Å². The number of aliphatic carboxylic acids is 1. The van der Waals surface area contributed by atoms with Crippen molar-refractivity contribution >= 4 is 25.7 Å². The lowest BCUT2D eigenvalue weighted by atomic mass is 10.0. The van der Waals surface area contributed by atoms with Gasteiger partial charge in [0.15, 0.2) is 6.10 Å². The van der Waals surface area contributed by atoms with Crippen molar-refractivity contribution in [3.8, 4) is 0 Å². The molecule has 0 aliphatic heterocycles. The van der Waals surface area contributed by atoms with Crippen LogP contribution in [0.25, 0.3) is 0 Å². The maximum Gasteiger partial charge on any atom is 0.472 e. The Hall–Kier alpha value is -2.04. The molecule has 0 saturated carbocycles. The van der Waals surface area contributed by atoms with Crippen LogP contribution >= 0.6 is 7.82 Å². The molecule has 11 nitrogen and oxygen atoms in total. The highest BCUT2D eigenvalue weighted by Gasteiger charge is 2.28. The fourth-order valence-corrected chi connectivity index (χ4v) is 7.29. The van der Waals surface area contributed by atoms with Crippen LogP contribution in [-0.4, -0.2) is 59.9 Å². The molecule has 0 radical (unpaired) electrons. The molecule has 0 saturated heterocycles. The molecular weight excluding hydrogens is 757 g/mol. The fraction of sp³-hybridized carbons (Fsp3) is 0.848. The van der Waals surface area contributed by atoms with Gasteiger partial charge in [-0.2, -0.15) is 0 Å². The van der Waals surface area contributed by atoms with Gasteiger partial charge in [-0.3, -0.25) is 23.4 Å². The van der Waals surface area contributed by atoms with Crippen LogP contribution in [0, 0.1) is 0 Å². The summed E-state index contributed by atoms with van der Waals surface area (Å²) in [4.78, 5) is 46.0. The Labute approximate surface area is 353 Å². The number of esters is 2. The van der Waals surface area contributed by atoms with Crippen LogP contribution in [0.3, 0.4) is 0 Å². The molecular formula is C46H86NO10P. The van der Waals surface area contributed by atoms with Crippen molar-refractivity contribution in [3.05, 3.63) is 24.3 Å². The van der Waals surface area contributed by atoms with Gasteiger partial charge < -0.3 is 25.2 Å². The Morgan fingerprint density at radius 1 is 0.534 bits per heavy atom. The Kier molecular flexibility index (Phi) is 40.2. The van der Waals surface area contributed by atoms with Gasteiger partial charge in [0.25, 0.3) is 0 Å². The van der Waals surface area contributed by atoms with Crippen LogP contribution in [0.15, 0.2) is 24.3 Å². The summed E-state index contributed by atoms with van der Waals surface area (Å²) in [5, 5.41) is 8.90. The predicted octanol–water partition coefficient (Wildman–Crippen LogP) is 12.6. The summed E-state index contributed by atoms with van der Waals surface area (Å²) in [6.07, 6.45) is 43.7. The lowest BCUT2D eigenvalue weighted by Gasteiger charge is -2.20. The highest BCUT2D eigenvalue weighted by Crippen LogP contribution is 2.43. The quantitative estimate of drug-likeness (QED) is 0.0231. The summed E-state index contributed by atoms with van der Waals surface area (Å²) in [7, 11) is -4.72. The van der Waals surface area contributed by atoms with Crippen molar-refractivity contribution in [2.24, 2.45) is 5.73 Å². The van der Waals surface area contributed by atoms with Crippen molar-refractivity contribution < 1.29 is 47.5 Å². The Morgan fingerprint density at radius 2 is 0.914 bits per heavy atom. The van der Waals surface area contributed by atoms with E-state index in [1.807, 2.05) is 0 Å². The number of carboxylic acids is 1. The number of nitrogens with two attached hydrogens (primary N) is 1. The number of hydrogen-bond acceptors (Lipinski definition) is 9. The summed E-state index contributed by atoms with van der Waals surface area (Å²) in [6, 6.07) is -1.52. The number of allylic oxidation sites excluding steroid dienone is 4. The topological polar surface area (TPSA) is 172 Å². The average Bonchev–Trinajstić information content (AvgIpc) is 3.20. The van der Waals surface area contributed by atoms with Crippen LogP contribution in [0.5, 0.6) is 0 Å². The van der Waals surface area contributed by atoms with Gasteiger partial charge in [-0.1, -0.05) is 186 Å². The molecule has 3 atom stereocenters. The number of phosphoric ester groups is 1. The molecule has 0 heterocycles. The highest BCUT2D eigenvalue weighted by molar-refractivity contribution is 7.47. The molecule has 12 heteroatoms. The van der Waals surface area contributed by atoms with E-state index in [4.69, 9.17) is 24.8 Å². The lowest BCUT2D eigenvalue weighted by Crippen LogP contribution is -2.34. The van der Waals surface area contributed by atoms with Crippen LogP contribution in [-0.2, 0) is 37.5 Å². The van der Waals surface area contributed by atoms with E-state index in [2.05, 4.69) is 42.7 Å². The van der Waals surface area contributed by atoms with Crippen molar-refractivity contribution in [3.63, 3.8) is 0 Å². The van der Waals surface area contributed by atoms with E-state index < -0.39 is 51.1 Å². The second-order valence-corrected chi connectivity index (χ2v) is 17.3. The minimum absolute atomic E-state index is 0.164. The number of carbonyl (C=O) groups is 3. The van der Waals surface area contributed by atoms with Gasteiger partial charge >= 0.3 is 25.7 Å². The summed E-state index contributed by atoms with van der Waals surface area (Å²) >= 11 is 0. The van der Waals surface area contributed by atoms with E-state index in [9.17, 15) is 23.8 Å². The fourth-order valence-electron chi connectivity index (χ4n) is 6.51. The van der Waals surface area contributed by atoms with E-state index in [1.165, 1.54) is 128 Å². The van der Waals surface area contributed by atoms with Gasteiger partial charge in [0, 0.05) is 12.8 Å². The number of carbonyl (C=O) groups excluding carboxylic acids is 2. The first-order valence-electron chi connectivity index (χ1n) is 23.4. The minimum Gasteiger partial charge on any atom is -0.480 e. The molecule has 0 aliphatic rings. The van der Waals surface area contributed by atoms with E-state index in [-0.39, 0.29) is 19.4 Å². The number of carboxylic acid groups (broad SMARTS) is 1. The summed E-state index contributed by atoms with van der Waals surface area (Å²) in [5.74, 6) is -2.38. The molecule has 0 aromatic rings. The van der Waals surface area contributed by atoms with Gasteiger partial charge in [0.05, 0.1) is 13.2 Å². The van der Waals surface area contributed by atoms with Crippen LogP contribution in [0.1, 0.15) is 219 Å². The predicted molar refractivity (Wildman–Crippen MR) is 236 cm³/mol. The summed E-state index contributed by atoms with van der Waals surface area (Å²) in [5.41, 5.74) is 5.34. The molecule has 4 N–H and O–H groups in total. The van der Waals surface area contributed by atoms with E-state index in [1.54, 1.807) is 0 Å². The maximum absolute atomic E-state index is 12.7. The smallest absolute Gasteiger partial charge is 0.472 e. The highest BCUT2D eigenvalue weighted by atomic mass is 31.2. The monoisotopic (exact) mass is 844 g/mol. The summed E-state index contributed by atoms with van der Waals surface area (Å²) in [6.45, 7) is 2.80. The molecule has 1 unspecified atom stereocenters. The number of ether oxygens (including phenoxy) is 2. The van der Waals surface area contributed by atoms with E-state index in [0.29, 0.717) is 12.8 Å². The molecule has 0 spiro atoms. The summed E-state index contributed by atoms with van der Waals surface area (Å²) < 4.78 is 32.8.